The van der Waals surface area contributed by atoms with E-state index in [-0.39, 0.29) is 11.4 Å². The molecule has 2 N–H and O–H groups in total. The summed E-state index contributed by atoms with van der Waals surface area (Å²) in [6, 6.07) is 0. The summed E-state index contributed by atoms with van der Waals surface area (Å²) in [6.07, 6.45) is 16.3. The van der Waals surface area contributed by atoms with Gasteiger partial charge in [-0.1, -0.05) is 39.5 Å². The number of hydrogen-bond acceptors (Lipinski definition) is 4. The molecule has 2 bridgehead atoms. The third-order valence-electron chi connectivity index (χ3n) is 7.04. The van der Waals surface area contributed by atoms with E-state index in [2.05, 4.69) is 19.2 Å². The summed E-state index contributed by atoms with van der Waals surface area (Å²) < 4.78 is 5.58. The third kappa shape index (κ3) is 10.3. The maximum Gasteiger partial charge on any atom is 0.306 e. The van der Waals surface area contributed by atoms with Crippen LogP contribution in [0.5, 0.6) is 0 Å². The molecule has 2 aliphatic carbocycles. The SMILES string of the molecule is CC1CC2CC(C1)CC(C)(CC(=O)OCCCCCCCCNCCCCO)C2. The van der Waals surface area contributed by atoms with E-state index in [1.165, 1.54) is 57.8 Å². The van der Waals surface area contributed by atoms with E-state index >= 15 is 0 Å². The fourth-order valence-corrected chi connectivity index (χ4v) is 5.98. The van der Waals surface area contributed by atoms with Gasteiger partial charge in [-0.15, -0.1) is 0 Å². The van der Waals surface area contributed by atoms with Gasteiger partial charge in [0.2, 0.25) is 0 Å². The Morgan fingerprint density at radius 2 is 1.52 bits per heavy atom. The summed E-state index contributed by atoms with van der Waals surface area (Å²) in [5.41, 5.74) is 0.178. The minimum absolute atomic E-state index is 0.0350. The van der Waals surface area contributed by atoms with Crippen LogP contribution in [0.3, 0.4) is 0 Å². The molecule has 2 unspecified atom stereocenters. The lowest BCUT2D eigenvalue weighted by molar-refractivity contribution is -0.147. The van der Waals surface area contributed by atoms with Gasteiger partial charge in [-0.2, -0.15) is 0 Å². The van der Waals surface area contributed by atoms with Crippen LogP contribution in [0.25, 0.3) is 0 Å². The number of ether oxygens (including phenoxy) is 1. The first kappa shape index (κ1) is 24.7. The Morgan fingerprint density at radius 1 is 0.931 bits per heavy atom. The van der Waals surface area contributed by atoms with E-state index in [9.17, 15) is 4.79 Å². The van der Waals surface area contributed by atoms with Crippen LogP contribution in [0, 0.1) is 23.2 Å². The number of fused-ring (bicyclic) bond motifs is 2. The Kier molecular flexibility index (Phi) is 11.6. The van der Waals surface area contributed by atoms with Gasteiger partial charge < -0.3 is 15.2 Å². The van der Waals surface area contributed by atoms with Gasteiger partial charge in [-0.3, -0.25) is 4.79 Å². The molecule has 0 heterocycles. The second-order valence-corrected chi connectivity index (χ2v) is 10.5. The van der Waals surface area contributed by atoms with Crippen LogP contribution in [-0.2, 0) is 9.53 Å². The molecule has 0 aromatic heterocycles. The standard InChI is InChI=1S/C25H47NO3/c1-21-15-22-17-23(16-21)19-25(2,18-22)20-24(28)29-14-10-6-4-3-5-7-11-26-12-8-9-13-27/h21-23,26-27H,3-20H2,1-2H3. The number of esters is 1. The molecule has 2 aliphatic rings. The summed E-state index contributed by atoms with van der Waals surface area (Å²) >= 11 is 0. The molecule has 2 saturated carbocycles. The highest BCUT2D eigenvalue weighted by atomic mass is 16.5. The molecule has 29 heavy (non-hydrogen) atoms. The van der Waals surface area contributed by atoms with Crippen molar-refractivity contribution < 1.29 is 14.6 Å². The minimum Gasteiger partial charge on any atom is -0.466 e. The monoisotopic (exact) mass is 409 g/mol. The highest BCUT2D eigenvalue weighted by Gasteiger charge is 2.42. The molecule has 0 saturated heterocycles. The predicted molar refractivity (Wildman–Crippen MR) is 120 cm³/mol. The summed E-state index contributed by atoms with van der Waals surface area (Å²) in [7, 11) is 0. The average Bonchev–Trinajstić information content (AvgIpc) is 2.64. The van der Waals surface area contributed by atoms with Gasteiger partial charge in [-0.25, -0.2) is 0 Å². The second-order valence-electron chi connectivity index (χ2n) is 10.5. The maximum absolute atomic E-state index is 12.4. The lowest BCUT2D eigenvalue weighted by atomic mass is 9.58. The van der Waals surface area contributed by atoms with E-state index in [1.807, 2.05) is 0 Å². The van der Waals surface area contributed by atoms with Gasteiger partial charge in [0.1, 0.15) is 0 Å². The minimum atomic E-state index is 0.0350. The van der Waals surface area contributed by atoms with E-state index in [4.69, 9.17) is 9.84 Å². The molecule has 0 aromatic rings. The van der Waals surface area contributed by atoms with Gasteiger partial charge in [0.25, 0.3) is 0 Å². The maximum atomic E-state index is 12.4. The summed E-state index contributed by atoms with van der Waals surface area (Å²) in [6.45, 7) is 7.73. The molecular weight excluding hydrogens is 362 g/mol. The van der Waals surface area contributed by atoms with E-state index in [0.717, 1.165) is 56.5 Å². The van der Waals surface area contributed by atoms with Crippen LogP contribution >= 0.6 is 0 Å². The summed E-state index contributed by atoms with van der Waals surface area (Å²) in [5, 5.41) is 12.2. The van der Waals surface area contributed by atoms with Gasteiger partial charge in [0, 0.05) is 6.61 Å². The first-order valence-corrected chi connectivity index (χ1v) is 12.5. The second kappa shape index (κ2) is 13.6. The Morgan fingerprint density at radius 3 is 2.17 bits per heavy atom. The van der Waals surface area contributed by atoms with Crippen molar-refractivity contribution >= 4 is 5.97 Å². The Labute approximate surface area is 179 Å². The van der Waals surface area contributed by atoms with Crippen molar-refractivity contribution in [3.8, 4) is 0 Å². The molecule has 4 heteroatoms. The zero-order valence-electron chi connectivity index (χ0n) is 19.2. The normalized spacial score (nSPS) is 29.0. The molecular formula is C25H47NO3. The number of carbonyl (C=O) groups is 1. The van der Waals surface area contributed by atoms with Gasteiger partial charge in [0.05, 0.1) is 13.0 Å². The summed E-state index contributed by atoms with van der Waals surface area (Å²) in [4.78, 5) is 12.4. The predicted octanol–water partition coefficient (Wildman–Crippen LogP) is 5.47. The molecule has 2 atom stereocenters. The van der Waals surface area contributed by atoms with Crippen LogP contribution in [-0.4, -0.2) is 37.4 Å². The molecule has 0 amide bonds. The number of rotatable bonds is 15. The topological polar surface area (TPSA) is 58.6 Å². The molecule has 170 valence electrons. The van der Waals surface area contributed by atoms with Gasteiger partial charge >= 0.3 is 5.97 Å². The zero-order chi connectivity index (χ0) is 21.0. The van der Waals surface area contributed by atoms with Crippen LogP contribution in [0.2, 0.25) is 0 Å². The Hall–Kier alpha value is -0.610. The van der Waals surface area contributed by atoms with Crippen molar-refractivity contribution in [3.05, 3.63) is 0 Å². The molecule has 0 spiro atoms. The number of nitrogens with one attached hydrogen (secondary N) is 1. The van der Waals surface area contributed by atoms with Crippen LogP contribution < -0.4 is 5.32 Å². The average molecular weight is 410 g/mol. The summed E-state index contributed by atoms with van der Waals surface area (Å²) in [5.74, 6) is 2.59. The van der Waals surface area contributed by atoms with E-state index < -0.39 is 0 Å². The number of unbranched alkanes of at least 4 members (excludes halogenated alkanes) is 6. The fourth-order valence-electron chi connectivity index (χ4n) is 5.98. The van der Waals surface area contributed by atoms with Crippen molar-refractivity contribution in [2.24, 2.45) is 23.2 Å². The van der Waals surface area contributed by atoms with Crippen molar-refractivity contribution in [2.75, 3.05) is 26.3 Å². The molecule has 4 nitrogen and oxygen atoms in total. The van der Waals surface area contributed by atoms with Gasteiger partial charge in [0.15, 0.2) is 0 Å². The highest BCUT2D eigenvalue weighted by Crippen LogP contribution is 2.51. The van der Waals surface area contributed by atoms with Crippen molar-refractivity contribution in [1.29, 1.82) is 0 Å². The number of aliphatic hydroxyl groups is 1. The van der Waals surface area contributed by atoms with Gasteiger partial charge in [-0.05, 0) is 94.0 Å². The number of aliphatic hydroxyl groups excluding tert-OH is 1. The Balaban J connectivity index is 1.42. The fraction of sp³-hybridized carbons (Fsp3) is 0.960. The largest absolute Gasteiger partial charge is 0.466 e. The molecule has 2 rings (SSSR count). The third-order valence-corrected chi connectivity index (χ3v) is 7.04. The van der Waals surface area contributed by atoms with Crippen LogP contribution in [0.15, 0.2) is 0 Å². The first-order valence-electron chi connectivity index (χ1n) is 12.5. The molecule has 0 radical (unpaired) electrons. The van der Waals surface area contributed by atoms with E-state index in [1.54, 1.807) is 0 Å². The smallest absolute Gasteiger partial charge is 0.306 e. The van der Waals surface area contributed by atoms with Crippen molar-refractivity contribution in [2.45, 2.75) is 104 Å². The molecule has 0 aromatic carbocycles. The highest BCUT2D eigenvalue weighted by molar-refractivity contribution is 5.70. The van der Waals surface area contributed by atoms with Crippen LogP contribution in [0.1, 0.15) is 104 Å². The van der Waals surface area contributed by atoms with Crippen molar-refractivity contribution in [3.63, 3.8) is 0 Å². The number of hydrogen-bond donors (Lipinski definition) is 2. The van der Waals surface area contributed by atoms with Crippen LogP contribution in [0.4, 0.5) is 0 Å². The lowest BCUT2D eigenvalue weighted by Crippen LogP contribution is -2.37. The zero-order valence-corrected chi connectivity index (χ0v) is 19.2. The first-order chi connectivity index (χ1) is 14.0. The van der Waals surface area contributed by atoms with Crippen molar-refractivity contribution in [1.82, 2.24) is 5.32 Å². The van der Waals surface area contributed by atoms with E-state index in [0.29, 0.717) is 19.6 Å². The molecule has 0 aliphatic heterocycles. The lowest BCUT2D eigenvalue weighted by Gasteiger charge is -2.47. The molecule has 2 fully saturated rings. The quantitative estimate of drug-likeness (QED) is 0.278. The Bertz CT molecular complexity index is 435. The number of carbonyl (C=O) groups excluding carboxylic acids is 1.